The van der Waals surface area contributed by atoms with Gasteiger partial charge in [-0.15, -0.1) is 5.10 Å². The minimum Gasteiger partial charge on any atom is -0.368 e. The third-order valence-corrected chi connectivity index (χ3v) is 2.43. The molecule has 0 fully saturated rings. The van der Waals surface area contributed by atoms with Crippen LogP contribution < -0.4 is 5.73 Å². The van der Waals surface area contributed by atoms with E-state index in [9.17, 15) is 0 Å². The molecule has 8 nitrogen and oxygen atoms in total. The highest BCUT2D eigenvalue weighted by atomic mass is 35.5. The number of halogens is 1. The highest BCUT2D eigenvalue weighted by Gasteiger charge is 2.09. The topological polar surface area (TPSA) is 108 Å². The van der Waals surface area contributed by atoms with Gasteiger partial charge >= 0.3 is 0 Å². The first-order valence-corrected chi connectivity index (χ1v) is 4.92. The van der Waals surface area contributed by atoms with Crippen LogP contribution in [0.3, 0.4) is 0 Å². The van der Waals surface area contributed by atoms with Gasteiger partial charge in [0.1, 0.15) is 0 Å². The SMILES string of the molecule is Cn1nnnc1Sc1nc(N)nc(Cl)n1. The van der Waals surface area contributed by atoms with E-state index in [1.165, 1.54) is 4.68 Å². The Hall–Kier alpha value is -1.48. The molecule has 78 valence electrons. The summed E-state index contributed by atoms with van der Waals surface area (Å²) in [5, 5.41) is 11.8. The number of aromatic nitrogens is 7. The number of tetrazole rings is 1. The van der Waals surface area contributed by atoms with E-state index in [1.807, 2.05) is 0 Å². The number of nitrogens with zero attached hydrogens (tertiary/aromatic N) is 7. The molecule has 2 heterocycles. The van der Waals surface area contributed by atoms with E-state index in [2.05, 4.69) is 30.5 Å². The number of anilines is 1. The molecule has 0 aliphatic rings. The number of aryl methyl sites for hydroxylation is 1. The van der Waals surface area contributed by atoms with E-state index in [0.29, 0.717) is 10.3 Å². The Balaban J connectivity index is 2.28. The molecule has 0 amide bonds. The molecule has 2 rings (SSSR count). The maximum absolute atomic E-state index is 5.62. The van der Waals surface area contributed by atoms with Crippen LogP contribution in [0.15, 0.2) is 10.3 Å². The Bertz CT molecular complexity index is 463. The fourth-order valence-electron chi connectivity index (χ4n) is 0.781. The zero-order chi connectivity index (χ0) is 10.8. The Morgan fingerprint density at radius 3 is 2.73 bits per heavy atom. The van der Waals surface area contributed by atoms with Gasteiger partial charge in [-0.05, 0) is 33.8 Å². The third-order valence-electron chi connectivity index (χ3n) is 1.37. The first kappa shape index (κ1) is 10.1. The lowest BCUT2D eigenvalue weighted by atomic mass is 11.0. The van der Waals surface area contributed by atoms with Crippen LogP contribution >= 0.6 is 23.4 Å². The number of rotatable bonds is 2. The average molecular weight is 245 g/mol. The maximum atomic E-state index is 5.62. The molecule has 2 aromatic heterocycles. The molecular formula is C5H5ClN8S. The van der Waals surface area contributed by atoms with Crippen molar-refractivity contribution in [1.82, 2.24) is 35.2 Å². The van der Waals surface area contributed by atoms with Gasteiger partial charge in [-0.1, -0.05) is 0 Å². The second kappa shape index (κ2) is 3.95. The molecule has 0 spiro atoms. The minimum absolute atomic E-state index is 0.0418. The lowest BCUT2D eigenvalue weighted by molar-refractivity contribution is 0.663. The molecule has 0 atom stereocenters. The van der Waals surface area contributed by atoms with Crippen molar-refractivity contribution in [2.24, 2.45) is 7.05 Å². The van der Waals surface area contributed by atoms with Crippen LogP contribution in [0.25, 0.3) is 0 Å². The first-order chi connectivity index (χ1) is 7.15. The molecule has 0 bridgehead atoms. The van der Waals surface area contributed by atoms with Crippen molar-refractivity contribution in [1.29, 1.82) is 0 Å². The molecular weight excluding hydrogens is 240 g/mol. The molecule has 0 saturated carbocycles. The smallest absolute Gasteiger partial charge is 0.228 e. The van der Waals surface area contributed by atoms with Gasteiger partial charge in [0.05, 0.1) is 0 Å². The summed E-state index contributed by atoms with van der Waals surface area (Å²) in [7, 11) is 1.70. The van der Waals surface area contributed by atoms with Crippen LogP contribution in [0.1, 0.15) is 0 Å². The molecule has 10 heteroatoms. The second-order valence-corrected chi connectivity index (χ2v) is 3.70. The lowest BCUT2D eigenvalue weighted by Crippen LogP contribution is -2.00. The molecule has 0 aliphatic heterocycles. The van der Waals surface area contributed by atoms with Gasteiger partial charge < -0.3 is 5.73 Å². The first-order valence-electron chi connectivity index (χ1n) is 3.72. The maximum Gasteiger partial charge on any atom is 0.228 e. The second-order valence-electron chi connectivity index (χ2n) is 2.43. The predicted octanol–water partition coefficient (Wildman–Crippen LogP) is -0.218. The van der Waals surface area contributed by atoms with Crippen LogP contribution in [-0.2, 0) is 7.05 Å². The molecule has 0 saturated heterocycles. The summed E-state index contributed by atoms with van der Waals surface area (Å²) < 4.78 is 1.48. The summed E-state index contributed by atoms with van der Waals surface area (Å²) in [5.74, 6) is 0.0626. The summed E-state index contributed by atoms with van der Waals surface area (Å²) in [4.78, 5) is 11.4. The summed E-state index contributed by atoms with van der Waals surface area (Å²) in [6.45, 7) is 0. The van der Waals surface area contributed by atoms with Gasteiger partial charge in [0, 0.05) is 7.05 Å². The Labute approximate surface area is 93.3 Å². The minimum atomic E-state index is 0.0418. The van der Waals surface area contributed by atoms with Gasteiger partial charge in [-0.25, -0.2) is 4.68 Å². The van der Waals surface area contributed by atoms with Gasteiger partial charge in [-0.3, -0.25) is 0 Å². The summed E-state index contributed by atoms with van der Waals surface area (Å²) in [6.07, 6.45) is 0. The Morgan fingerprint density at radius 1 is 1.33 bits per heavy atom. The molecule has 0 radical (unpaired) electrons. The van der Waals surface area contributed by atoms with Crippen LogP contribution in [0, 0.1) is 0 Å². The van der Waals surface area contributed by atoms with Crippen LogP contribution in [-0.4, -0.2) is 35.2 Å². The zero-order valence-corrected chi connectivity index (χ0v) is 9.07. The standard InChI is InChI=1S/C5H5ClN8S/c1-14-5(11-12-13-14)15-4-9-2(6)8-3(7)10-4/h1H3,(H2,7,8,9,10). The van der Waals surface area contributed by atoms with Crippen LogP contribution in [0.2, 0.25) is 5.28 Å². The van der Waals surface area contributed by atoms with Crippen molar-refractivity contribution in [3.63, 3.8) is 0 Å². The zero-order valence-electron chi connectivity index (χ0n) is 7.49. The largest absolute Gasteiger partial charge is 0.368 e. The molecule has 0 aromatic carbocycles. The van der Waals surface area contributed by atoms with Gasteiger partial charge in [-0.2, -0.15) is 15.0 Å². The Kier molecular flexibility index (Phi) is 2.64. The van der Waals surface area contributed by atoms with Gasteiger partial charge in [0.2, 0.25) is 21.5 Å². The number of nitrogen functional groups attached to an aromatic ring is 1. The Morgan fingerprint density at radius 2 is 2.13 bits per heavy atom. The molecule has 0 aliphatic carbocycles. The van der Waals surface area contributed by atoms with Crippen LogP contribution in [0.5, 0.6) is 0 Å². The number of nitrogens with two attached hydrogens (primary N) is 1. The summed E-state index contributed by atoms with van der Waals surface area (Å²) >= 11 is 6.77. The monoisotopic (exact) mass is 244 g/mol. The van der Waals surface area contributed by atoms with Crippen molar-refractivity contribution >= 4 is 29.3 Å². The van der Waals surface area contributed by atoms with E-state index >= 15 is 0 Å². The van der Waals surface area contributed by atoms with Crippen molar-refractivity contribution in [2.45, 2.75) is 10.3 Å². The van der Waals surface area contributed by atoms with Crippen molar-refractivity contribution in [2.75, 3.05) is 5.73 Å². The quantitative estimate of drug-likeness (QED) is 0.772. The van der Waals surface area contributed by atoms with E-state index in [0.717, 1.165) is 11.8 Å². The normalized spacial score (nSPS) is 10.5. The highest BCUT2D eigenvalue weighted by Crippen LogP contribution is 2.21. The van der Waals surface area contributed by atoms with E-state index in [-0.39, 0.29) is 11.2 Å². The molecule has 2 N–H and O–H groups in total. The van der Waals surface area contributed by atoms with E-state index in [1.54, 1.807) is 7.05 Å². The summed E-state index contributed by atoms with van der Waals surface area (Å²) in [6, 6.07) is 0. The van der Waals surface area contributed by atoms with Crippen molar-refractivity contribution < 1.29 is 0 Å². The van der Waals surface area contributed by atoms with E-state index in [4.69, 9.17) is 17.3 Å². The van der Waals surface area contributed by atoms with Gasteiger partial charge in [0.25, 0.3) is 0 Å². The summed E-state index contributed by atoms with van der Waals surface area (Å²) in [5.41, 5.74) is 5.41. The average Bonchev–Trinajstić information content (AvgIpc) is 2.50. The van der Waals surface area contributed by atoms with Gasteiger partial charge in [0.15, 0.2) is 0 Å². The van der Waals surface area contributed by atoms with Crippen LogP contribution in [0.4, 0.5) is 5.95 Å². The predicted molar refractivity (Wildman–Crippen MR) is 52.2 cm³/mol. The van der Waals surface area contributed by atoms with Crippen molar-refractivity contribution in [3.05, 3.63) is 5.28 Å². The fourth-order valence-corrected chi connectivity index (χ4v) is 1.68. The third kappa shape index (κ3) is 2.30. The molecule has 15 heavy (non-hydrogen) atoms. The lowest BCUT2D eigenvalue weighted by Gasteiger charge is -1.98. The fraction of sp³-hybridized carbons (Fsp3) is 0.200. The van der Waals surface area contributed by atoms with E-state index < -0.39 is 0 Å². The highest BCUT2D eigenvalue weighted by molar-refractivity contribution is 7.99. The molecule has 0 unspecified atom stereocenters. The number of hydrogen-bond acceptors (Lipinski definition) is 8. The molecule has 2 aromatic rings. The number of hydrogen-bond donors (Lipinski definition) is 1. The van der Waals surface area contributed by atoms with Crippen molar-refractivity contribution in [3.8, 4) is 0 Å².